The molecule has 0 amide bonds. The Hall–Kier alpha value is -2.92. The van der Waals surface area contributed by atoms with Crippen LogP contribution in [0, 0.1) is 16.6 Å². The molecule has 320 valence electrons. The van der Waals surface area contributed by atoms with Gasteiger partial charge in [0, 0.05) is 47.8 Å². The molecule has 2 aromatic carbocycles. The number of benzene rings is 2. The van der Waals surface area contributed by atoms with Gasteiger partial charge in [-0.05, 0) is 82.5 Å². The third-order valence-corrected chi connectivity index (χ3v) is 14.0. The zero-order chi connectivity index (χ0) is 42.8. The molecule has 5 rings (SSSR count). The lowest BCUT2D eigenvalue weighted by molar-refractivity contribution is -0.389. The van der Waals surface area contributed by atoms with E-state index < -0.39 is 44.5 Å². The van der Waals surface area contributed by atoms with E-state index in [4.69, 9.17) is 33.0 Å². The van der Waals surface area contributed by atoms with Crippen LogP contribution in [0.2, 0.25) is 25.7 Å². The predicted octanol–water partition coefficient (Wildman–Crippen LogP) is 12.5. The van der Waals surface area contributed by atoms with Crippen molar-refractivity contribution in [3.63, 3.8) is 0 Å². The van der Waals surface area contributed by atoms with Crippen LogP contribution in [0.25, 0.3) is 28.1 Å². The molecule has 0 spiro atoms. The molecule has 1 aliphatic carbocycles. The molecule has 0 bridgehead atoms. The number of carbonyl (C=O) groups excluding carboxylic acids is 1. The summed E-state index contributed by atoms with van der Waals surface area (Å²) in [4.78, 5) is 18.5. The maximum absolute atomic E-state index is 14.4. The summed E-state index contributed by atoms with van der Waals surface area (Å²) in [6.07, 6.45) is 4.99. The summed E-state index contributed by atoms with van der Waals surface area (Å²) < 4.78 is 65.5. The predicted molar refractivity (Wildman–Crippen MR) is 233 cm³/mol. The van der Waals surface area contributed by atoms with Crippen LogP contribution in [-0.2, 0) is 32.6 Å². The smallest absolute Gasteiger partial charge is 0.368 e. The van der Waals surface area contributed by atoms with E-state index in [1.54, 1.807) is 12.1 Å². The highest BCUT2D eigenvalue weighted by Gasteiger charge is 2.58. The van der Waals surface area contributed by atoms with Gasteiger partial charge in [0.25, 0.3) is 0 Å². The Kier molecular flexibility index (Phi) is 14.3. The molecule has 0 radical (unpaired) electrons. The van der Waals surface area contributed by atoms with Crippen molar-refractivity contribution >= 4 is 38.6 Å². The van der Waals surface area contributed by atoms with E-state index >= 15 is 0 Å². The second-order valence-corrected chi connectivity index (χ2v) is 27.3. The minimum Gasteiger partial charge on any atom is -0.481 e. The quantitative estimate of drug-likeness (QED) is 0.0792. The van der Waals surface area contributed by atoms with Gasteiger partial charge >= 0.3 is 13.6 Å². The minimum atomic E-state index is -3.59. The first-order valence-electron chi connectivity index (χ1n) is 20.9. The molecule has 2 heterocycles. The van der Waals surface area contributed by atoms with Gasteiger partial charge in [-0.2, -0.15) is 0 Å². The lowest BCUT2D eigenvalue weighted by Crippen LogP contribution is -2.63. The maximum atomic E-state index is 14.4. The molecular weight excluding hydrogens is 773 g/mol. The summed E-state index contributed by atoms with van der Waals surface area (Å²) in [7, 11) is -4.96. The molecule has 0 unspecified atom stereocenters. The summed E-state index contributed by atoms with van der Waals surface area (Å²) in [5.41, 5.74) is 3.41. The summed E-state index contributed by atoms with van der Waals surface area (Å²) >= 11 is 0. The van der Waals surface area contributed by atoms with Gasteiger partial charge < -0.3 is 28.0 Å². The van der Waals surface area contributed by atoms with E-state index in [-0.39, 0.29) is 42.7 Å². The summed E-state index contributed by atoms with van der Waals surface area (Å²) in [6.45, 7) is 27.1. The number of hydrogen-bond acceptors (Lipinski definition) is 9. The lowest BCUT2D eigenvalue weighted by atomic mass is 9.69. The van der Waals surface area contributed by atoms with Crippen molar-refractivity contribution < 1.29 is 41.7 Å². The SMILES string of the molecule is CC(C)OP(=O)(COc1ccc2nc(C3CC3)c(/C=C/[C@@H]3C[C@H](CC(=O)OCC[Si](C)(C)C)OC(C(C)(C)C)(C(C)(C)C)O3)c(-c3ccc(F)cc3)c2c1)OC(C)C. The monoisotopic (exact) mass is 839 g/mol. The number of carbonyl (C=O) groups is 1. The van der Waals surface area contributed by atoms with Gasteiger partial charge in [-0.25, -0.2) is 4.39 Å². The first kappa shape index (κ1) is 46.1. The molecule has 2 fully saturated rings. The molecule has 1 saturated carbocycles. The van der Waals surface area contributed by atoms with Gasteiger partial charge in [-0.15, -0.1) is 0 Å². The molecule has 1 aliphatic heterocycles. The molecule has 58 heavy (non-hydrogen) atoms. The molecule has 2 aliphatic rings. The minimum absolute atomic E-state index is 0.124. The molecule has 2 atom stereocenters. The Bertz CT molecular complexity index is 1950. The molecule has 1 aromatic heterocycles. The van der Waals surface area contributed by atoms with Crippen molar-refractivity contribution in [3.05, 3.63) is 65.6 Å². The van der Waals surface area contributed by atoms with E-state index in [2.05, 4.69) is 73.3 Å². The number of halogens is 1. The Morgan fingerprint density at radius 2 is 1.59 bits per heavy atom. The number of ether oxygens (including phenoxy) is 4. The average Bonchev–Trinajstić information content (AvgIpc) is 3.93. The van der Waals surface area contributed by atoms with E-state index in [1.807, 2.05) is 45.9 Å². The van der Waals surface area contributed by atoms with Gasteiger partial charge in [0.05, 0.1) is 48.7 Å². The number of aromatic nitrogens is 1. The third-order valence-electron chi connectivity index (χ3n) is 10.4. The van der Waals surface area contributed by atoms with Crippen molar-refractivity contribution in [2.24, 2.45) is 10.8 Å². The Balaban J connectivity index is 1.59. The highest BCUT2D eigenvalue weighted by molar-refractivity contribution is 7.53. The molecule has 3 aromatic rings. The molecule has 9 nitrogen and oxygen atoms in total. The summed E-state index contributed by atoms with van der Waals surface area (Å²) in [5, 5.41) is 0.795. The van der Waals surface area contributed by atoms with Gasteiger partial charge in [0.2, 0.25) is 0 Å². The Morgan fingerprint density at radius 3 is 2.14 bits per heavy atom. The van der Waals surface area contributed by atoms with E-state index in [1.165, 1.54) is 12.1 Å². The topological polar surface area (TPSA) is 102 Å². The van der Waals surface area contributed by atoms with Crippen LogP contribution in [0.3, 0.4) is 0 Å². The first-order chi connectivity index (χ1) is 26.9. The molecule has 12 heteroatoms. The summed E-state index contributed by atoms with van der Waals surface area (Å²) in [5.74, 6) is -0.901. The number of nitrogens with zero attached hydrogens (tertiary/aromatic N) is 1. The van der Waals surface area contributed by atoms with Gasteiger partial charge in [-0.1, -0.05) is 85.5 Å². The van der Waals surface area contributed by atoms with Crippen molar-refractivity contribution in [1.29, 1.82) is 0 Å². The van der Waals surface area contributed by atoms with Crippen LogP contribution in [0.1, 0.15) is 112 Å². The van der Waals surface area contributed by atoms with Gasteiger partial charge in [0.15, 0.2) is 12.1 Å². The second kappa shape index (κ2) is 18.0. The number of esters is 1. The van der Waals surface area contributed by atoms with Crippen LogP contribution in [0.15, 0.2) is 48.5 Å². The number of pyridine rings is 1. The average molecular weight is 840 g/mol. The van der Waals surface area contributed by atoms with Crippen molar-refractivity contribution in [2.45, 2.75) is 157 Å². The highest BCUT2D eigenvalue weighted by atomic mass is 31.2. The Labute approximate surface area is 347 Å². The molecule has 1 saturated heterocycles. The van der Waals surface area contributed by atoms with Crippen LogP contribution in [-0.4, -0.2) is 62.2 Å². The largest absolute Gasteiger partial charge is 0.481 e. The highest BCUT2D eigenvalue weighted by Crippen LogP contribution is 2.53. The number of hydrogen-bond donors (Lipinski definition) is 0. The van der Waals surface area contributed by atoms with Crippen LogP contribution in [0.4, 0.5) is 4.39 Å². The zero-order valence-corrected chi connectivity index (χ0v) is 39.0. The Morgan fingerprint density at radius 1 is 0.966 bits per heavy atom. The standard InChI is InChI=1S/C46H67FNO8PSi/c1-30(2)55-57(50,56-31(3)4)29-52-35-21-23-40-39(27-35)42(32-16-18-34(47)19-17-32)38(43(48-40)33-14-15-33)22-20-36-26-37(28-41(49)51-24-25-58(11,12)13)54-46(53-36,44(5,6)7)45(8,9)10/h16-23,27,30-31,33,36-37H,14-15,24-26,28-29H2,1-13H3/b22-20+/t36-,37-/m1/s1. The zero-order valence-electron chi connectivity index (χ0n) is 37.1. The summed E-state index contributed by atoms with van der Waals surface area (Å²) in [6, 6.07) is 13.0. The fourth-order valence-corrected chi connectivity index (χ4v) is 10.3. The van der Waals surface area contributed by atoms with Gasteiger partial charge in [-0.3, -0.25) is 14.3 Å². The van der Waals surface area contributed by atoms with Gasteiger partial charge in [0.1, 0.15) is 11.6 Å². The van der Waals surface area contributed by atoms with Crippen molar-refractivity contribution in [1.82, 2.24) is 4.98 Å². The van der Waals surface area contributed by atoms with Crippen LogP contribution >= 0.6 is 7.60 Å². The van der Waals surface area contributed by atoms with Crippen LogP contribution in [0.5, 0.6) is 5.75 Å². The molecule has 0 N–H and O–H groups in total. The van der Waals surface area contributed by atoms with Crippen molar-refractivity contribution in [3.8, 4) is 16.9 Å². The van der Waals surface area contributed by atoms with Crippen LogP contribution < -0.4 is 4.74 Å². The number of fused-ring (bicyclic) bond motifs is 1. The normalized spacial score (nSPS) is 19.4. The lowest BCUT2D eigenvalue weighted by Gasteiger charge is -2.57. The maximum Gasteiger partial charge on any atom is 0.368 e. The van der Waals surface area contributed by atoms with E-state index in [0.29, 0.717) is 18.8 Å². The first-order valence-corrected chi connectivity index (χ1v) is 26.3. The second-order valence-electron chi connectivity index (χ2n) is 19.8. The number of rotatable bonds is 16. The fraction of sp³-hybridized carbons (Fsp3) is 0.609. The van der Waals surface area contributed by atoms with Crippen molar-refractivity contribution in [2.75, 3.05) is 13.0 Å². The third kappa shape index (κ3) is 11.7. The fourth-order valence-electron chi connectivity index (χ4n) is 7.84. The van der Waals surface area contributed by atoms with E-state index in [9.17, 15) is 13.8 Å². The molecular formula is C46H67FNO8PSi. The van der Waals surface area contributed by atoms with E-state index in [0.717, 1.165) is 52.2 Å².